The first kappa shape index (κ1) is 15.4. The van der Waals surface area contributed by atoms with Crippen LogP contribution in [0.2, 0.25) is 0 Å². The molecule has 0 N–H and O–H groups in total. The maximum Gasteiger partial charge on any atom is 0.192 e. The Hall–Kier alpha value is -2.18. The Bertz CT molecular complexity index is 819. The molecule has 5 nitrogen and oxygen atoms in total. The van der Waals surface area contributed by atoms with E-state index < -0.39 is 0 Å². The van der Waals surface area contributed by atoms with Gasteiger partial charge in [0, 0.05) is 26.2 Å². The highest BCUT2D eigenvalue weighted by molar-refractivity contribution is 7.16. The molecule has 0 aliphatic carbocycles. The number of piperazine rings is 1. The third kappa shape index (κ3) is 2.72. The fourth-order valence-electron chi connectivity index (χ4n) is 2.95. The number of hydrogen-bond donors (Lipinski definition) is 0. The van der Waals surface area contributed by atoms with E-state index in [0.717, 1.165) is 54.1 Å². The molecule has 0 atom stereocenters. The molecule has 0 bridgehead atoms. The average molecular weight is 341 g/mol. The number of aliphatic imine (C=N–C) groups is 1. The van der Waals surface area contributed by atoms with Crippen molar-refractivity contribution < 1.29 is 9.53 Å². The Balaban J connectivity index is 1.82. The fraction of sp³-hybridized carbons (Fsp3) is 0.333. The number of rotatable bonds is 1. The molecule has 2 aliphatic rings. The quantitative estimate of drug-likeness (QED) is 0.746. The van der Waals surface area contributed by atoms with Crippen LogP contribution in [0.3, 0.4) is 0 Å². The second-order valence-electron chi connectivity index (χ2n) is 6.16. The normalized spacial score (nSPS) is 17.4. The molecule has 0 unspecified atom stereocenters. The SMILES string of the molecule is CC(=O)c1cc2c(s1)Oc1ccccc1N=C2N1CCN(C)CC1. The van der Waals surface area contributed by atoms with Crippen molar-refractivity contribution in [3.63, 3.8) is 0 Å². The Morgan fingerprint density at radius 2 is 1.96 bits per heavy atom. The second-order valence-corrected chi connectivity index (χ2v) is 7.18. The molecule has 1 aromatic carbocycles. The monoisotopic (exact) mass is 341 g/mol. The van der Waals surface area contributed by atoms with Crippen molar-refractivity contribution >= 4 is 28.6 Å². The number of fused-ring (bicyclic) bond motifs is 2. The number of nitrogens with zero attached hydrogens (tertiary/aromatic N) is 3. The van der Waals surface area contributed by atoms with Gasteiger partial charge in [0.25, 0.3) is 0 Å². The minimum Gasteiger partial charge on any atom is -0.444 e. The summed E-state index contributed by atoms with van der Waals surface area (Å²) in [5.41, 5.74) is 1.75. The Kier molecular flexibility index (Phi) is 3.86. The summed E-state index contributed by atoms with van der Waals surface area (Å²) in [6, 6.07) is 9.71. The molecule has 1 aromatic heterocycles. The van der Waals surface area contributed by atoms with Gasteiger partial charge in [-0.3, -0.25) is 4.79 Å². The lowest BCUT2D eigenvalue weighted by molar-refractivity contribution is 0.102. The topological polar surface area (TPSA) is 45.1 Å². The summed E-state index contributed by atoms with van der Waals surface area (Å²) < 4.78 is 6.09. The van der Waals surface area contributed by atoms with Gasteiger partial charge in [-0.25, -0.2) is 4.99 Å². The summed E-state index contributed by atoms with van der Waals surface area (Å²) in [7, 11) is 2.13. The smallest absolute Gasteiger partial charge is 0.192 e. The number of thiophene rings is 1. The van der Waals surface area contributed by atoms with Crippen LogP contribution >= 0.6 is 11.3 Å². The van der Waals surface area contributed by atoms with Crippen molar-refractivity contribution in [2.45, 2.75) is 6.92 Å². The van der Waals surface area contributed by atoms with Crippen LogP contribution in [0.4, 0.5) is 5.69 Å². The lowest BCUT2D eigenvalue weighted by Crippen LogP contribution is -2.47. The number of para-hydroxylation sites is 2. The number of likely N-dealkylation sites (N-methyl/N-ethyl adjacent to an activating group) is 1. The zero-order chi connectivity index (χ0) is 16.7. The molecule has 0 saturated carbocycles. The van der Waals surface area contributed by atoms with Crippen molar-refractivity contribution in [3.05, 3.63) is 40.8 Å². The number of carbonyl (C=O) groups is 1. The van der Waals surface area contributed by atoms with Gasteiger partial charge in [0.1, 0.15) is 11.5 Å². The van der Waals surface area contributed by atoms with Gasteiger partial charge < -0.3 is 14.5 Å². The Morgan fingerprint density at radius 3 is 2.71 bits per heavy atom. The fourth-order valence-corrected chi connectivity index (χ4v) is 3.86. The van der Waals surface area contributed by atoms with Crippen molar-refractivity contribution in [2.75, 3.05) is 33.2 Å². The zero-order valence-electron chi connectivity index (χ0n) is 13.8. The number of benzene rings is 1. The number of hydrogen-bond acceptors (Lipinski definition) is 6. The number of carbonyl (C=O) groups excluding carboxylic acids is 1. The molecule has 4 rings (SSSR count). The van der Waals surface area contributed by atoms with Gasteiger partial charge in [-0.05, 0) is 32.2 Å². The molecule has 2 aromatic rings. The van der Waals surface area contributed by atoms with Gasteiger partial charge in [-0.2, -0.15) is 0 Å². The van der Waals surface area contributed by atoms with E-state index in [1.807, 2.05) is 30.3 Å². The highest BCUT2D eigenvalue weighted by Crippen LogP contribution is 2.42. The molecular formula is C18H19N3O2S. The van der Waals surface area contributed by atoms with Crippen LogP contribution in [-0.2, 0) is 0 Å². The van der Waals surface area contributed by atoms with Crippen LogP contribution in [0.1, 0.15) is 22.2 Å². The molecule has 0 spiro atoms. The van der Waals surface area contributed by atoms with Crippen LogP contribution in [0.25, 0.3) is 0 Å². The number of amidine groups is 1. The lowest BCUT2D eigenvalue weighted by atomic mass is 10.2. The number of ether oxygens (including phenoxy) is 1. The minimum absolute atomic E-state index is 0.0580. The Morgan fingerprint density at radius 1 is 1.21 bits per heavy atom. The van der Waals surface area contributed by atoms with Gasteiger partial charge in [-0.1, -0.05) is 23.5 Å². The van der Waals surface area contributed by atoms with Gasteiger partial charge >= 0.3 is 0 Å². The summed E-state index contributed by atoms with van der Waals surface area (Å²) in [4.78, 5) is 22.0. The predicted molar refractivity (Wildman–Crippen MR) is 96.1 cm³/mol. The van der Waals surface area contributed by atoms with E-state index in [9.17, 15) is 4.79 Å². The maximum absolute atomic E-state index is 11.8. The molecule has 1 fully saturated rings. The molecule has 0 amide bonds. The van der Waals surface area contributed by atoms with Crippen LogP contribution in [0.15, 0.2) is 35.3 Å². The highest BCUT2D eigenvalue weighted by atomic mass is 32.1. The first-order valence-corrected chi connectivity index (χ1v) is 8.87. The summed E-state index contributed by atoms with van der Waals surface area (Å²) in [5, 5.41) is 0.753. The molecule has 1 saturated heterocycles. The first-order valence-electron chi connectivity index (χ1n) is 8.06. The van der Waals surface area contributed by atoms with Gasteiger partial charge in [0.15, 0.2) is 16.6 Å². The average Bonchev–Trinajstić information content (AvgIpc) is 2.92. The van der Waals surface area contributed by atoms with Crippen LogP contribution < -0.4 is 4.74 Å². The van der Waals surface area contributed by atoms with Crippen molar-refractivity contribution in [2.24, 2.45) is 4.99 Å². The minimum atomic E-state index is 0.0580. The first-order chi connectivity index (χ1) is 11.6. The van der Waals surface area contributed by atoms with Crippen molar-refractivity contribution in [1.82, 2.24) is 9.80 Å². The van der Waals surface area contributed by atoms with Gasteiger partial charge in [0.05, 0.1) is 10.4 Å². The van der Waals surface area contributed by atoms with Crippen molar-refractivity contribution in [1.29, 1.82) is 0 Å². The highest BCUT2D eigenvalue weighted by Gasteiger charge is 2.27. The molecule has 0 radical (unpaired) electrons. The van der Waals surface area contributed by atoms with Crippen molar-refractivity contribution in [3.8, 4) is 10.8 Å². The van der Waals surface area contributed by atoms with E-state index in [1.165, 1.54) is 11.3 Å². The predicted octanol–water partition coefficient (Wildman–Crippen LogP) is 3.38. The lowest BCUT2D eigenvalue weighted by Gasteiger charge is -2.34. The third-order valence-corrected chi connectivity index (χ3v) is 5.50. The molecule has 24 heavy (non-hydrogen) atoms. The Labute approximate surface area is 145 Å². The molecule has 124 valence electrons. The molecule has 6 heteroatoms. The van der Waals surface area contributed by atoms with E-state index in [2.05, 4.69) is 16.8 Å². The van der Waals surface area contributed by atoms with Gasteiger partial charge in [0.2, 0.25) is 0 Å². The molecule has 2 aliphatic heterocycles. The zero-order valence-corrected chi connectivity index (χ0v) is 14.6. The summed E-state index contributed by atoms with van der Waals surface area (Å²) in [6.45, 7) is 5.43. The van der Waals surface area contributed by atoms with Crippen LogP contribution in [0, 0.1) is 0 Å². The summed E-state index contributed by atoms with van der Waals surface area (Å²) in [5.74, 6) is 1.70. The van der Waals surface area contributed by atoms with E-state index in [0.29, 0.717) is 4.88 Å². The number of ketones is 1. The summed E-state index contributed by atoms with van der Waals surface area (Å²) in [6.07, 6.45) is 0. The van der Waals surface area contributed by atoms with Crippen LogP contribution in [-0.4, -0.2) is 54.6 Å². The number of Topliss-reactive ketones (excluding diaryl/α,β-unsaturated/α-hetero) is 1. The van der Waals surface area contributed by atoms with Crippen LogP contribution in [0.5, 0.6) is 10.8 Å². The molecule has 3 heterocycles. The van der Waals surface area contributed by atoms with E-state index in [1.54, 1.807) is 6.92 Å². The van der Waals surface area contributed by atoms with E-state index >= 15 is 0 Å². The third-order valence-electron chi connectivity index (χ3n) is 4.38. The maximum atomic E-state index is 11.8. The second kappa shape index (κ2) is 6.03. The van der Waals surface area contributed by atoms with E-state index in [-0.39, 0.29) is 5.78 Å². The summed E-state index contributed by atoms with van der Waals surface area (Å²) >= 11 is 1.40. The standard InChI is InChI=1S/C18H19N3O2S/c1-12(22)16-11-13-17(21-9-7-20(2)8-10-21)19-14-5-3-4-6-15(14)23-18(13)24-16/h3-6,11H,7-10H2,1-2H3. The van der Waals surface area contributed by atoms with E-state index in [4.69, 9.17) is 9.73 Å². The van der Waals surface area contributed by atoms with Gasteiger partial charge in [-0.15, -0.1) is 0 Å². The molecular weight excluding hydrogens is 322 g/mol. The largest absolute Gasteiger partial charge is 0.444 e.